The largest absolute Gasteiger partial charge is 0.309 e. The highest BCUT2D eigenvalue weighted by Gasteiger charge is 2.19. The highest BCUT2D eigenvalue weighted by Crippen LogP contribution is 2.39. The van der Waals surface area contributed by atoms with Crippen molar-refractivity contribution in [3.05, 3.63) is 200 Å². The highest BCUT2D eigenvalue weighted by molar-refractivity contribution is 6.12. The van der Waals surface area contributed by atoms with Gasteiger partial charge in [-0.2, -0.15) is 0 Å². The molecule has 0 aliphatic rings. The lowest BCUT2D eigenvalue weighted by Crippen LogP contribution is -2.00. The first-order chi connectivity index (χ1) is 28.2. The minimum Gasteiger partial charge on any atom is -0.309 e. The number of rotatable bonds is 6. The van der Waals surface area contributed by atoms with Gasteiger partial charge in [0.1, 0.15) is 0 Å². The fourth-order valence-electron chi connectivity index (χ4n) is 8.38. The zero-order valence-electron chi connectivity index (χ0n) is 31.2. The van der Waals surface area contributed by atoms with Crippen LogP contribution in [0.3, 0.4) is 0 Å². The molecule has 0 amide bonds. The average Bonchev–Trinajstić information content (AvgIpc) is 3.79. The number of aryl methyl sites for hydroxylation is 1. The molecule has 0 radical (unpaired) electrons. The van der Waals surface area contributed by atoms with Crippen LogP contribution in [0.25, 0.3) is 100 Å². The zero-order chi connectivity index (χ0) is 37.9. The first kappa shape index (κ1) is 32.8. The van der Waals surface area contributed by atoms with E-state index in [-0.39, 0.29) is 0 Å². The first-order valence-electron chi connectivity index (χ1n) is 19.3. The van der Waals surface area contributed by atoms with E-state index >= 15 is 0 Å². The van der Waals surface area contributed by atoms with Crippen LogP contribution < -0.4 is 0 Å². The topological polar surface area (TPSA) is 48.5 Å². The second-order valence-electron chi connectivity index (χ2n) is 14.5. The summed E-state index contributed by atoms with van der Waals surface area (Å²) in [6.07, 6.45) is 0. The van der Waals surface area contributed by atoms with E-state index in [1.54, 1.807) is 0 Å². The van der Waals surface area contributed by atoms with E-state index in [1.807, 2.05) is 60.7 Å². The van der Waals surface area contributed by atoms with E-state index in [9.17, 15) is 0 Å². The zero-order valence-corrected chi connectivity index (χ0v) is 31.2. The molecule has 11 rings (SSSR count). The molecule has 268 valence electrons. The van der Waals surface area contributed by atoms with E-state index in [0.29, 0.717) is 17.5 Å². The number of fused-ring (bicyclic) bond motifs is 6. The number of benzene rings is 8. The molecule has 0 N–H and O–H groups in total. The van der Waals surface area contributed by atoms with E-state index in [0.717, 1.165) is 61.0 Å². The molecule has 11 aromatic rings. The predicted octanol–water partition coefficient (Wildman–Crippen LogP) is 13.0. The van der Waals surface area contributed by atoms with Crippen LogP contribution in [0, 0.1) is 6.92 Å². The fourth-order valence-corrected chi connectivity index (χ4v) is 8.38. The van der Waals surface area contributed by atoms with Gasteiger partial charge < -0.3 is 9.13 Å². The summed E-state index contributed by atoms with van der Waals surface area (Å²) in [4.78, 5) is 15.1. The summed E-state index contributed by atoms with van der Waals surface area (Å²) in [5.74, 6) is 1.93. The summed E-state index contributed by atoms with van der Waals surface area (Å²) in [5, 5.41) is 4.80. The summed E-state index contributed by atoms with van der Waals surface area (Å²) in [5.41, 5.74) is 13.3. The molecule has 0 saturated carbocycles. The van der Waals surface area contributed by atoms with Gasteiger partial charge in [-0.15, -0.1) is 0 Å². The quantitative estimate of drug-likeness (QED) is 0.171. The third-order valence-corrected chi connectivity index (χ3v) is 11.1. The second-order valence-corrected chi connectivity index (χ2v) is 14.5. The Balaban J connectivity index is 1.12. The Hall–Kier alpha value is -7.63. The van der Waals surface area contributed by atoms with Crippen molar-refractivity contribution in [3.8, 4) is 56.7 Å². The monoisotopic (exact) mass is 729 g/mol. The third-order valence-electron chi connectivity index (χ3n) is 11.1. The minimum atomic E-state index is 0.636. The second kappa shape index (κ2) is 13.3. The Morgan fingerprint density at radius 2 is 0.772 bits per heavy atom. The molecular weight excluding hydrogens is 695 g/mol. The van der Waals surface area contributed by atoms with Crippen LogP contribution in [0.2, 0.25) is 0 Å². The predicted molar refractivity (Wildman–Crippen MR) is 235 cm³/mol. The molecule has 0 unspecified atom stereocenters. The van der Waals surface area contributed by atoms with Crippen molar-refractivity contribution >= 4 is 43.6 Å². The summed E-state index contributed by atoms with van der Waals surface area (Å²) in [6.45, 7) is 2.18. The van der Waals surface area contributed by atoms with Gasteiger partial charge in [0.2, 0.25) is 0 Å². The Morgan fingerprint density at radius 3 is 1.39 bits per heavy atom. The van der Waals surface area contributed by atoms with Gasteiger partial charge in [-0.1, -0.05) is 133 Å². The maximum absolute atomic E-state index is 5.08. The van der Waals surface area contributed by atoms with E-state index in [1.165, 1.54) is 27.4 Å². The standard InChI is InChI=1S/C52H35N5/c1-34-15-8-11-24-45(34)57-48-29-27-38(37-20-14-21-40(31-37)56-46-25-12-9-22-41(46)42-23-10-13-26-47(42)56)32-43(48)44-33-39(28-30-49(44)57)52-54-50(35-16-4-2-5-17-35)53-51(55-52)36-18-6-3-7-19-36/h2-33H,1H3. The number of aromatic nitrogens is 5. The SMILES string of the molecule is Cc1ccccc1-n1c2ccc(-c3cccc(-n4c5ccccc5c5ccccc54)c3)cc2c2cc(-c3nc(-c4ccccc4)nc(-c4ccccc4)n3)ccc21. The molecule has 3 heterocycles. The Bertz CT molecular complexity index is 3190. The van der Waals surface area contributed by atoms with Crippen LogP contribution in [0.4, 0.5) is 0 Å². The molecule has 0 fully saturated rings. The molecule has 8 aromatic carbocycles. The maximum atomic E-state index is 5.08. The van der Waals surface area contributed by atoms with Crippen LogP contribution in [0.5, 0.6) is 0 Å². The number of hydrogen-bond donors (Lipinski definition) is 0. The Kier molecular flexibility index (Phi) is 7.64. The van der Waals surface area contributed by atoms with Crippen molar-refractivity contribution in [2.45, 2.75) is 6.92 Å². The van der Waals surface area contributed by atoms with Crippen LogP contribution in [-0.2, 0) is 0 Å². The smallest absolute Gasteiger partial charge is 0.164 e. The summed E-state index contributed by atoms with van der Waals surface area (Å²) >= 11 is 0. The first-order valence-corrected chi connectivity index (χ1v) is 19.3. The Morgan fingerprint density at radius 1 is 0.316 bits per heavy atom. The van der Waals surface area contributed by atoms with Crippen molar-refractivity contribution in [3.63, 3.8) is 0 Å². The van der Waals surface area contributed by atoms with E-state index < -0.39 is 0 Å². The van der Waals surface area contributed by atoms with E-state index in [2.05, 4.69) is 150 Å². The summed E-state index contributed by atoms with van der Waals surface area (Å²) in [6, 6.07) is 68.6. The van der Waals surface area contributed by atoms with Gasteiger partial charge in [-0.05, 0) is 84.3 Å². The van der Waals surface area contributed by atoms with Crippen molar-refractivity contribution < 1.29 is 0 Å². The van der Waals surface area contributed by atoms with Crippen LogP contribution in [0.1, 0.15) is 5.56 Å². The fraction of sp³-hybridized carbons (Fsp3) is 0.0192. The van der Waals surface area contributed by atoms with E-state index in [4.69, 9.17) is 15.0 Å². The molecule has 0 spiro atoms. The molecule has 57 heavy (non-hydrogen) atoms. The van der Waals surface area contributed by atoms with Crippen molar-refractivity contribution in [2.24, 2.45) is 0 Å². The Labute approximate surface area is 329 Å². The van der Waals surface area contributed by atoms with Gasteiger partial charge in [-0.25, -0.2) is 15.0 Å². The lowest BCUT2D eigenvalue weighted by molar-refractivity contribution is 1.07. The van der Waals surface area contributed by atoms with Crippen molar-refractivity contribution in [1.29, 1.82) is 0 Å². The highest BCUT2D eigenvalue weighted by atomic mass is 15.0. The van der Waals surface area contributed by atoms with Crippen LogP contribution in [0.15, 0.2) is 194 Å². The molecular formula is C52H35N5. The number of hydrogen-bond acceptors (Lipinski definition) is 3. The minimum absolute atomic E-state index is 0.636. The van der Waals surface area contributed by atoms with Gasteiger partial charge in [0, 0.05) is 49.6 Å². The maximum Gasteiger partial charge on any atom is 0.164 e. The van der Waals surface area contributed by atoms with Gasteiger partial charge in [0.15, 0.2) is 17.5 Å². The third kappa shape index (κ3) is 5.51. The van der Waals surface area contributed by atoms with Crippen molar-refractivity contribution in [1.82, 2.24) is 24.1 Å². The molecule has 0 saturated heterocycles. The van der Waals surface area contributed by atoms with Gasteiger partial charge in [0.25, 0.3) is 0 Å². The molecule has 0 bridgehead atoms. The molecule has 3 aromatic heterocycles. The van der Waals surface area contributed by atoms with Gasteiger partial charge >= 0.3 is 0 Å². The van der Waals surface area contributed by atoms with Gasteiger partial charge in [-0.3, -0.25) is 0 Å². The molecule has 0 aliphatic heterocycles. The molecule has 5 heteroatoms. The number of nitrogens with zero attached hydrogens (tertiary/aromatic N) is 5. The van der Waals surface area contributed by atoms with Crippen LogP contribution in [-0.4, -0.2) is 24.1 Å². The lowest BCUT2D eigenvalue weighted by atomic mass is 10.0. The van der Waals surface area contributed by atoms with Crippen molar-refractivity contribution in [2.75, 3.05) is 0 Å². The summed E-state index contributed by atoms with van der Waals surface area (Å²) < 4.78 is 4.77. The van der Waals surface area contributed by atoms with Gasteiger partial charge in [0.05, 0.1) is 22.1 Å². The lowest BCUT2D eigenvalue weighted by Gasteiger charge is -2.12. The molecule has 5 nitrogen and oxygen atoms in total. The summed E-state index contributed by atoms with van der Waals surface area (Å²) in [7, 11) is 0. The van der Waals surface area contributed by atoms with Crippen LogP contribution >= 0.6 is 0 Å². The normalized spacial score (nSPS) is 11.6. The number of para-hydroxylation sites is 3. The molecule has 0 aliphatic carbocycles. The molecule has 0 atom stereocenters. The average molecular weight is 730 g/mol.